The van der Waals surface area contributed by atoms with Crippen molar-refractivity contribution in [3.63, 3.8) is 0 Å². The third kappa shape index (κ3) is 4.20. The number of aromatic nitrogens is 2. The van der Waals surface area contributed by atoms with Crippen LogP contribution in [-0.4, -0.2) is 32.4 Å². The zero-order valence-electron chi connectivity index (χ0n) is 14.9. The molecule has 2 rings (SSSR count). The predicted molar refractivity (Wildman–Crippen MR) is 98.8 cm³/mol. The molecule has 0 aliphatic heterocycles. The van der Waals surface area contributed by atoms with Crippen LogP contribution in [0.3, 0.4) is 0 Å². The summed E-state index contributed by atoms with van der Waals surface area (Å²) in [6.07, 6.45) is 2.26. The molecule has 11 heteroatoms. The summed E-state index contributed by atoms with van der Waals surface area (Å²) in [4.78, 5) is 57.9. The third-order valence-electron chi connectivity index (χ3n) is 3.83. The lowest BCUT2D eigenvalue weighted by atomic mass is 10.2. The van der Waals surface area contributed by atoms with Crippen molar-refractivity contribution in [3.05, 3.63) is 72.4 Å². The Kier molecular flexibility index (Phi) is 5.88. The molecule has 2 N–H and O–H groups in total. The summed E-state index contributed by atoms with van der Waals surface area (Å²) in [6.45, 7) is -0.768. The van der Waals surface area contributed by atoms with Crippen molar-refractivity contribution in [3.8, 4) is 0 Å². The Bertz CT molecular complexity index is 1110. The first-order valence-corrected chi connectivity index (χ1v) is 7.81. The molecule has 0 saturated heterocycles. The molecule has 2 aromatic rings. The number of non-ortho nitro benzene ring substituents is 1. The number of anilines is 1. The van der Waals surface area contributed by atoms with Crippen molar-refractivity contribution in [2.75, 3.05) is 12.3 Å². The molecule has 0 spiro atoms. The van der Waals surface area contributed by atoms with E-state index in [2.05, 4.69) is 0 Å². The summed E-state index contributed by atoms with van der Waals surface area (Å²) in [7, 11) is 2.48. The van der Waals surface area contributed by atoms with Crippen LogP contribution in [0.4, 0.5) is 11.5 Å². The first-order valence-electron chi connectivity index (χ1n) is 7.81. The van der Waals surface area contributed by atoms with E-state index in [1.807, 2.05) is 0 Å². The van der Waals surface area contributed by atoms with Gasteiger partial charge in [0.1, 0.15) is 11.4 Å². The van der Waals surface area contributed by atoms with E-state index in [1.165, 1.54) is 44.4 Å². The van der Waals surface area contributed by atoms with E-state index in [0.29, 0.717) is 10.1 Å². The summed E-state index contributed by atoms with van der Waals surface area (Å²) in [5, 5.41) is 10.7. The van der Waals surface area contributed by atoms with Gasteiger partial charge in [-0.2, -0.15) is 0 Å². The number of ether oxygens (including phenoxy) is 1. The van der Waals surface area contributed by atoms with Crippen LogP contribution < -0.4 is 17.0 Å². The quantitative estimate of drug-likeness (QED) is 0.238. The van der Waals surface area contributed by atoms with E-state index in [1.54, 1.807) is 0 Å². The van der Waals surface area contributed by atoms with E-state index in [-0.39, 0.29) is 11.5 Å². The molecule has 0 fully saturated rings. The highest BCUT2D eigenvalue weighted by atomic mass is 16.6. The second kappa shape index (κ2) is 8.12. The molecule has 0 radical (unpaired) electrons. The van der Waals surface area contributed by atoms with Crippen LogP contribution in [0.5, 0.6) is 0 Å². The van der Waals surface area contributed by atoms with Crippen LogP contribution in [0.2, 0.25) is 0 Å². The summed E-state index contributed by atoms with van der Waals surface area (Å²) in [5.74, 6) is -2.10. The average molecular weight is 388 g/mol. The maximum atomic E-state index is 12.2. The van der Waals surface area contributed by atoms with Gasteiger partial charge in [0.2, 0.25) is 5.78 Å². The first kappa shape index (κ1) is 20.3. The Morgan fingerprint density at radius 2 is 1.93 bits per heavy atom. The van der Waals surface area contributed by atoms with Gasteiger partial charge in [0.05, 0.1) is 4.92 Å². The monoisotopic (exact) mass is 388 g/mol. The van der Waals surface area contributed by atoms with Gasteiger partial charge < -0.3 is 10.5 Å². The standard InChI is InChI=1S/C17H16N4O7/c1-19-15(18)14(16(24)20(2)17(19)25)12(22)9-28-13(23)7-6-10-4-3-5-11(8-10)21(26)27/h3-8H,9,18H2,1-2H3/b7-6+. The SMILES string of the molecule is Cn1c(N)c(C(=O)COC(=O)/C=C/c2cccc([N+](=O)[O-])c2)c(=O)n(C)c1=O. The smallest absolute Gasteiger partial charge is 0.332 e. The van der Waals surface area contributed by atoms with Crippen LogP contribution in [-0.2, 0) is 23.6 Å². The number of Topliss-reactive ketones (excluding diaryl/α,β-unsaturated/α-hetero) is 1. The molecule has 28 heavy (non-hydrogen) atoms. The molecule has 1 aromatic carbocycles. The van der Waals surface area contributed by atoms with Crippen LogP contribution in [0, 0.1) is 10.1 Å². The van der Waals surface area contributed by atoms with E-state index in [0.717, 1.165) is 10.6 Å². The number of nitro groups is 1. The normalized spacial score (nSPS) is 10.8. The minimum absolute atomic E-state index is 0.147. The fraction of sp³-hybridized carbons (Fsp3) is 0.176. The zero-order chi connectivity index (χ0) is 21.0. The van der Waals surface area contributed by atoms with E-state index in [4.69, 9.17) is 10.5 Å². The Morgan fingerprint density at radius 1 is 1.25 bits per heavy atom. The number of rotatable bonds is 6. The Balaban J connectivity index is 2.11. The predicted octanol–water partition coefficient (Wildman–Crippen LogP) is 0.0137. The number of esters is 1. The van der Waals surface area contributed by atoms with Gasteiger partial charge in [0, 0.05) is 32.3 Å². The number of hydrogen-bond acceptors (Lipinski definition) is 8. The molecule has 1 aromatic heterocycles. The van der Waals surface area contributed by atoms with Crippen molar-refractivity contribution in [1.82, 2.24) is 9.13 Å². The molecule has 0 aliphatic rings. The lowest BCUT2D eigenvalue weighted by molar-refractivity contribution is -0.384. The zero-order valence-corrected chi connectivity index (χ0v) is 14.9. The van der Waals surface area contributed by atoms with Gasteiger partial charge in [-0.1, -0.05) is 12.1 Å². The summed E-state index contributed by atoms with van der Waals surface area (Å²) < 4.78 is 6.42. The first-order chi connectivity index (χ1) is 13.1. The minimum Gasteiger partial charge on any atom is -0.454 e. The summed E-state index contributed by atoms with van der Waals surface area (Å²) >= 11 is 0. The Hall–Kier alpha value is -4.02. The summed E-state index contributed by atoms with van der Waals surface area (Å²) in [5.41, 5.74) is 3.84. The molecular formula is C17H16N4O7. The van der Waals surface area contributed by atoms with Gasteiger partial charge >= 0.3 is 11.7 Å². The van der Waals surface area contributed by atoms with Crippen molar-refractivity contribution in [2.24, 2.45) is 14.1 Å². The fourth-order valence-electron chi connectivity index (χ4n) is 2.29. The molecule has 0 atom stereocenters. The molecule has 11 nitrogen and oxygen atoms in total. The molecule has 0 amide bonds. The second-order valence-electron chi connectivity index (χ2n) is 5.68. The third-order valence-corrected chi connectivity index (χ3v) is 3.83. The van der Waals surface area contributed by atoms with Crippen molar-refractivity contribution < 1.29 is 19.2 Å². The van der Waals surface area contributed by atoms with Crippen molar-refractivity contribution in [2.45, 2.75) is 0 Å². The molecule has 0 aliphatic carbocycles. The number of carbonyl (C=O) groups is 2. The Labute approximate surface area is 157 Å². The molecular weight excluding hydrogens is 372 g/mol. The molecule has 1 heterocycles. The fourth-order valence-corrected chi connectivity index (χ4v) is 2.29. The van der Waals surface area contributed by atoms with Gasteiger partial charge in [-0.25, -0.2) is 9.59 Å². The lowest BCUT2D eigenvalue weighted by Gasteiger charge is -2.10. The highest BCUT2D eigenvalue weighted by molar-refractivity contribution is 6.01. The molecule has 0 unspecified atom stereocenters. The number of ketones is 1. The van der Waals surface area contributed by atoms with Gasteiger partial charge in [-0.15, -0.1) is 0 Å². The van der Waals surface area contributed by atoms with Gasteiger partial charge in [-0.05, 0) is 11.6 Å². The minimum atomic E-state index is -0.903. The number of nitrogens with zero attached hydrogens (tertiary/aromatic N) is 3. The van der Waals surface area contributed by atoms with Crippen LogP contribution in [0.25, 0.3) is 6.08 Å². The lowest BCUT2D eigenvalue weighted by Crippen LogP contribution is -2.42. The second-order valence-corrected chi connectivity index (χ2v) is 5.68. The van der Waals surface area contributed by atoms with Crippen LogP contribution >= 0.6 is 0 Å². The Morgan fingerprint density at radius 3 is 2.57 bits per heavy atom. The number of carbonyl (C=O) groups excluding carboxylic acids is 2. The number of nitrogen functional groups attached to an aromatic ring is 1. The number of nitro benzene ring substituents is 1. The largest absolute Gasteiger partial charge is 0.454 e. The van der Waals surface area contributed by atoms with Crippen molar-refractivity contribution >= 4 is 29.3 Å². The number of nitrogens with two attached hydrogens (primary N) is 1. The summed E-state index contributed by atoms with van der Waals surface area (Å²) in [6, 6.07) is 5.54. The van der Waals surface area contributed by atoms with Crippen LogP contribution in [0.1, 0.15) is 15.9 Å². The van der Waals surface area contributed by atoms with E-state index >= 15 is 0 Å². The van der Waals surface area contributed by atoms with Gasteiger partial charge in [0.15, 0.2) is 6.61 Å². The maximum absolute atomic E-state index is 12.2. The maximum Gasteiger partial charge on any atom is 0.332 e. The van der Waals surface area contributed by atoms with E-state index < -0.39 is 40.1 Å². The molecule has 0 bridgehead atoms. The van der Waals surface area contributed by atoms with Crippen molar-refractivity contribution in [1.29, 1.82) is 0 Å². The molecule has 0 saturated carbocycles. The number of benzene rings is 1. The van der Waals surface area contributed by atoms with Gasteiger partial charge in [0.25, 0.3) is 11.2 Å². The molecule has 146 valence electrons. The van der Waals surface area contributed by atoms with Crippen LogP contribution in [0.15, 0.2) is 39.9 Å². The van der Waals surface area contributed by atoms with E-state index in [9.17, 15) is 29.3 Å². The highest BCUT2D eigenvalue weighted by Gasteiger charge is 2.21. The number of hydrogen-bond donors (Lipinski definition) is 1. The van der Waals surface area contributed by atoms with Gasteiger partial charge in [-0.3, -0.25) is 28.8 Å². The topological polar surface area (TPSA) is 157 Å². The average Bonchev–Trinajstić information content (AvgIpc) is 2.68. The highest BCUT2D eigenvalue weighted by Crippen LogP contribution is 2.14.